The molecular formula is C21H17N3O6. The van der Waals surface area contributed by atoms with Crippen molar-refractivity contribution in [1.29, 1.82) is 5.26 Å². The van der Waals surface area contributed by atoms with Crippen molar-refractivity contribution in [2.24, 2.45) is 0 Å². The molecule has 1 heterocycles. The van der Waals surface area contributed by atoms with E-state index in [1.165, 1.54) is 12.1 Å². The highest BCUT2D eigenvalue weighted by molar-refractivity contribution is 5.84. The lowest BCUT2D eigenvalue weighted by Crippen LogP contribution is -2.45. The van der Waals surface area contributed by atoms with Crippen LogP contribution in [0.5, 0.6) is 11.5 Å². The number of fused-ring (bicyclic) bond motifs is 1. The Morgan fingerprint density at radius 2 is 1.57 bits per heavy atom. The summed E-state index contributed by atoms with van der Waals surface area (Å²) in [6.45, 7) is 1.11. The quantitative estimate of drug-likeness (QED) is 0.468. The largest absolute Gasteiger partial charge is 0.484 e. The summed E-state index contributed by atoms with van der Waals surface area (Å²) in [6, 6.07) is 14.5. The fourth-order valence-electron chi connectivity index (χ4n) is 2.53. The van der Waals surface area contributed by atoms with E-state index in [0.717, 1.165) is 10.9 Å². The summed E-state index contributed by atoms with van der Waals surface area (Å²) in [5, 5.41) is 9.50. The van der Waals surface area contributed by atoms with Crippen LogP contribution in [0.15, 0.2) is 57.7 Å². The van der Waals surface area contributed by atoms with E-state index >= 15 is 0 Å². The Labute approximate surface area is 170 Å². The van der Waals surface area contributed by atoms with Crippen LogP contribution in [-0.2, 0) is 9.59 Å². The zero-order chi connectivity index (χ0) is 21.5. The molecule has 0 unspecified atom stereocenters. The molecule has 0 saturated heterocycles. The Morgan fingerprint density at radius 1 is 0.967 bits per heavy atom. The number of hydrogen-bond donors (Lipinski definition) is 2. The molecule has 0 saturated carbocycles. The van der Waals surface area contributed by atoms with E-state index in [1.807, 2.05) is 6.07 Å². The maximum atomic E-state index is 11.8. The lowest BCUT2D eigenvalue weighted by molar-refractivity contribution is -0.131. The summed E-state index contributed by atoms with van der Waals surface area (Å²) >= 11 is 0. The number of rotatable bonds is 6. The van der Waals surface area contributed by atoms with Gasteiger partial charge in [-0.1, -0.05) is 0 Å². The minimum Gasteiger partial charge on any atom is -0.484 e. The van der Waals surface area contributed by atoms with Gasteiger partial charge in [-0.3, -0.25) is 20.4 Å². The third-order valence-electron chi connectivity index (χ3n) is 3.99. The van der Waals surface area contributed by atoms with Gasteiger partial charge in [-0.15, -0.1) is 0 Å². The number of nitrogens with zero attached hydrogens (tertiary/aromatic N) is 1. The monoisotopic (exact) mass is 407 g/mol. The molecule has 0 radical (unpaired) electrons. The number of nitriles is 1. The number of carbonyl (C=O) groups excluding carboxylic acids is 2. The zero-order valence-corrected chi connectivity index (χ0v) is 15.9. The Kier molecular flexibility index (Phi) is 6.29. The van der Waals surface area contributed by atoms with Crippen LogP contribution in [0.1, 0.15) is 11.1 Å². The van der Waals surface area contributed by atoms with Gasteiger partial charge in [0.25, 0.3) is 11.8 Å². The highest BCUT2D eigenvalue weighted by Gasteiger charge is 2.08. The van der Waals surface area contributed by atoms with Gasteiger partial charge in [0.05, 0.1) is 11.6 Å². The molecular weight excluding hydrogens is 390 g/mol. The topological polar surface area (TPSA) is 131 Å². The standard InChI is InChI=1S/C21H17N3O6/c1-13-8-21(27)30-18-9-16(6-7-17(13)18)29-12-20(26)24-23-19(25)11-28-15-4-2-14(10-22)3-5-15/h2-9H,11-12H2,1H3,(H,23,25)(H,24,26). The number of hydrazine groups is 1. The van der Waals surface area contributed by atoms with Crippen molar-refractivity contribution >= 4 is 22.8 Å². The van der Waals surface area contributed by atoms with E-state index < -0.39 is 17.4 Å². The van der Waals surface area contributed by atoms with Crippen molar-refractivity contribution in [2.75, 3.05) is 13.2 Å². The summed E-state index contributed by atoms with van der Waals surface area (Å²) < 4.78 is 15.7. The Bertz CT molecular complexity index is 1180. The van der Waals surface area contributed by atoms with Crippen molar-refractivity contribution in [1.82, 2.24) is 10.9 Å². The molecule has 3 aromatic rings. The van der Waals surface area contributed by atoms with Gasteiger partial charge < -0.3 is 13.9 Å². The second kappa shape index (κ2) is 9.25. The number of carbonyl (C=O) groups is 2. The van der Waals surface area contributed by atoms with Crippen molar-refractivity contribution in [3.63, 3.8) is 0 Å². The van der Waals surface area contributed by atoms with Crippen LogP contribution in [0.4, 0.5) is 0 Å². The average Bonchev–Trinajstić information content (AvgIpc) is 2.74. The van der Waals surface area contributed by atoms with Gasteiger partial charge >= 0.3 is 5.63 Å². The Hall–Kier alpha value is -4.32. The fraction of sp³-hybridized carbons (Fsp3) is 0.143. The molecule has 0 aliphatic heterocycles. The van der Waals surface area contributed by atoms with Crippen LogP contribution in [0, 0.1) is 18.3 Å². The molecule has 9 nitrogen and oxygen atoms in total. The maximum absolute atomic E-state index is 11.8. The van der Waals surface area contributed by atoms with Crippen molar-refractivity contribution < 1.29 is 23.5 Å². The van der Waals surface area contributed by atoms with Gasteiger partial charge in [0.2, 0.25) is 0 Å². The Balaban J connectivity index is 1.44. The van der Waals surface area contributed by atoms with E-state index in [1.54, 1.807) is 43.3 Å². The van der Waals surface area contributed by atoms with Gasteiger partial charge in [-0.05, 0) is 48.9 Å². The molecule has 0 bridgehead atoms. The zero-order valence-electron chi connectivity index (χ0n) is 15.9. The average molecular weight is 407 g/mol. The van der Waals surface area contributed by atoms with Crippen LogP contribution < -0.4 is 26.0 Å². The summed E-state index contributed by atoms with van der Waals surface area (Å²) in [6.07, 6.45) is 0. The molecule has 30 heavy (non-hydrogen) atoms. The predicted molar refractivity (Wildman–Crippen MR) is 106 cm³/mol. The molecule has 2 N–H and O–H groups in total. The first-order valence-electron chi connectivity index (χ1n) is 8.82. The molecule has 0 atom stereocenters. The Morgan fingerprint density at radius 3 is 2.20 bits per heavy atom. The lowest BCUT2D eigenvalue weighted by atomic mass is 10.1. The van der Waals surface area contributed by atoms with E-state index in [2.05, 4.69) is 10.9 Å². The van der Waals surface area contributed by atoms with Crippen molar-refractivity contribution in [3.05, 3.63) is 70.1 Å². The molecule has 152 valence electrons. The number of amides is 2. The van der Waals surface area contributed by atoms with Crippen molar-refractivity contribution in [2.45, 2.75) is 6.92 Å². The fourth-order valence-corrected chi connectivity index (χ4v) is 2.53. The lowest BCUT2D eigenvalue weighted by Gasteiger charge is -2.10. The molecule has 1 aromatic heterocycles. The highest BCUT2D eigenvalue weighted by atomic mass is 16.5. The molecule has 3 rings (SSSR count). The van der Waals surface area contributed by atoms with Crippen molar-refractivity contribution in [3.8, 4) is 17.6 Å². The minimum atomic E-state index is -0.590. The van der Waals surface area contributed by atoms with E-state index in [-0.39, 0.29) is 13.2 Å². The number of benzene rings is 2. The minimum absolute atomic E-state index is 0.323. The van der Waals surface area contributed by atoms with E-state index in [4.69, 9.17) is 19.2 Å². The summed E-state index contributed by atoms with van der Waals surface area (Å²) in [5.74, 6) is -0.415. The van der Waals surface area contributed by atoms with Gasteiger partial charge in [-0.2, -0.15) is 5.26 Å². The van der Waals surface area contributed by atoms with E-state index in [9.17, 15) is 14.4 Å². The molecule has 0 fully saturated rings. The predicted octanol–water partition coefficient (Wildman–Crippen LogP) is 1.58. The third-order valence-corrected chi connectivity index (χ3v) is 3.99. The first kappa shape index (κ1) is 20.4. The number of nitrogens with one attached hydrogen (secondary N) is 2. The number of ether oxygens (including phenoxy) is 2. The maximum Gasteiger partial charge on any atom is 0.336 e. The summed E-state index contributed by atoms with van der Waals surface area (Å²) in [5.41, 5.74) is 5.53. The summed E-state index contributed by atoms with van der Waals surface area (Å²) in [4.78, 5) is 35.1. The summed E-state index contributed by atoms with van der Waals surface area (Å²) in [7, 11) is 0. The second-order valence-corrected chi connectivity index (χ2v) is 6.22. The van der Waals surface area contributed by atoms with Gasteiger partial charge in [0.15, 0.2) is 13.2 Å². The molecule has 2 amide bonds. The van der Waals surface area contributed by atoms with Crippen LogP contribution >= 0.6 is 0 Å². The molecule has 0 spiro atoms. The molecule has 2 aromatic carbocycles. The number of aryl methyl sites for hydroxylation is 1. The van der Waals surface area contributed by atoms with Gasteiger partial charge in [0.1, 0.15) is 17.1 Å². The van der Waals surface area contributed by atoms with Gasteiger partial charge in [0, 0.05) is 17.5 Å². The normalized spacial score (nSPS) is 10.1. The molecule has 9 heteroatoms. The van der Waals surface area contributed by atoms with Gasteiger partial charge in [-0.25, -0.2) is 4.79 Å². The third kappa shape index (κ3) is 5.36. The number of hydrogen-bond acceptors (Lipinski definition) is 7. The molecule has 0 aliphatic carbocycles. The van der Waals surface area contributed by atoms with Crippen LogP contribution in [-0.4, -0.2) is 25.0 Å². The smallest absolute Gasteiger partial charge is 0.336 e. The SMILES string of the molecule is Cc1cc(=O)oc2cc(OCC(=O)NNC(=O)COc3ccc(C#N)cc3)ccc12. The first-order valence-corrected chi connectivity index (χ1v) is 8.82. The van der Waals surface area contributed by atoms with Crippen LogP contribution in [0.3, 0.4) is 0 Å². The molecule has 0 aliphatic rings. The highest BCUT2D eigenvalue weighted by Crippen LogP contribution is 2.22. The van der Waals surface area contributed by atoms with Crippen LogP contribution in [0.2, 0.25) is 0 Å². The first-order chi connectivity index (χ1) is 14.4. The second-order valence-electron chi connectivity index (χ2n) is 6.22. The van der Waals surface area contributed by atoms with Crippen LogP contribution in [0.25, 0.3) is 11.0 Å². The van der Waals surface area contributed by atoms with E-state index in [0.29, 0.717) is 22.6 Å².